The Morgan fingerprint density at radius 3 is 2.69 bits per heavy atom. The second-order valence-electron chi connectivity index (χ2n) is 7.89. The summed E-state index contributed by atoms with van der Waals surface area (Å²) in [6.45, 7) is 1.05. The Bertz CT molecular complexity index is 1310. The molecule has 0 bridgehead atoms. The van der Waals surface area contributed by atoms with E-state index >= 15 is 0 Å². The van der Waals surface area contributed by atoms with E-state index in [2.05, 4.69) is 10.3 Å². The SMILES string of the molecule is N[C@@H](CCNCCCc1cc(Cl)ccc1Oc1cc(F)c(S(=O)(=O)Cc2cscn2)cc1Cl)C(=O)O. The van der Waals surface area contributed by atoms with Gasteiger partial charge in [0, 0.05) is 16.5 Å². The fraction of sp³-hybridized carbons (Fsp3) is 0.304. The Hall–Kier alpha value is -2.28. The summed E-state index contributed by atoms with van der Waals surface area (Å²) in [5, 5.41) is 13.9. The summed E-state index contributed by atoms with van der Waals surface area (Å²) >= 11 is 13.7. The number of carboxylic acid groups (broad SMARTS) is 1. The molecule has 4 N–H and O–H groups in total. The number of hydrogen-bond acceptors (Lipinski definition) is 8. The van der Waals surface area contributed by atoms with E-state index in [1.807, 2.05) is 0 Å². The first-order valence-corrected chi connectivity index (χ1v) is 14.2. The fourth-order valence-corrected chi connectivity index (χ4v) is 5.76. The second kappa shape index (κ2) is 12.8. The van der Waals surface area contributed by atoms with Gasteiger partial charge in [-0.25, -0.2) is 17.8 Å². The highest BCUT2D eigenvalue weighted by Gasteiger charge is 2.24. The number of rotatable bonds is 13. The summed E-state index contributed by atoms with van der Waals surface area (Å²) in [7, 11) is -4.01. The largest absolute Gasteiger partial charge is 0.480 e. The number of halogens is 3. The molecular weight excluding hydrogens is 552 g/mol. The third kappa shape index (κ3) is 7.86. The number of carbonyl (C=O) groups is 1. The maximum atomic E-state index is 14.8. The number of nitrogens with two attached hydrogens (primary N) is 1. The average molecular weight is 576 g/mol. The first-order chi connectivity index (χ1) is 17.1. The molecule has 0 saturated carbocycles. The van der Waals surface area contributed by atoms with Crippen molar-refractivity contribution < 1.29 is 27.4 Å². The predicted molar refractivity (Wildman–Crippen MR) is 137 cm³/mol. The van der Waals surface area contributed by atoms with Crippen LogP contribution in [0.25, 0.3) is 0 Å². The van der Waals surface area contributed by atoms with Gasteiger partial charge in [0.1, 0.15) is 28.3 Å². The van der Waals surface area contributed by atoms with Crippen molar-refractivity contribution in [3.8, 4) is 11.5 Å². The molecule has 36 heavy (non-hydrogen) atoms. The summed E-state index contributed by atoms with van der Waals surface area (Å²) in [6, 6.07) is 6.02. The van der Waals surface area contributed by atoms with Gasteiger partial charge in [0.05, 0.1) is 22.0 Å². The maximum Gasteiger partial charge on any atom is 0.320 e. The Morgan fingerprint density at radius 1 is 1.22 bits per heavy atom. The van der Waals surface area contributed by atoms with Crippen molar-refractivity contribution >= 4 is 50.3 Å². The number of nitrogens with zero attached hydrogens (tertiary/aromatic N) is 1. The van der Waals surface area contributed by atoms with Crippen LogP contribution in [-0.4, -0.2) is 43.6 Å². The van der Waals surface area contributed by atoms with Crippen molar-refractivity contribution in [3.05, 3.63) is 68.3 Å². The zero-order valence-corrected chi connectivity index (χ0v) is 22.1. The van der Waals surface area contributed by atoms with Crippen LogP contribution in [0.1, 0.15) is 24.1 Å². The standard InChI is InChI=1S/C23H24Cl2FN3O5S2/c24-15-3-4-20(14(8-15)2-1-6-28-7-5-19(27)23(30)31)34-21-10-18(26)22(9-17(21)25)36(32,33)12-16-11-35-13-29-16/h3-4,8-11,13,19,28H,1-2,5-7,12,27H2,(H,30,31)/t19-/m0/s1. The van der Waals surface area contributed by atoms with E-state index in [0.29, 0.717) is 48.8 Å². The van der Waals surface area contributed by atoms with Crippen molar-refractivity contribution in [2.24, 2.45) is 5.73 Å². The number of aromatic nitrogens is 1. The Kier molecular flexibility index (Phi) is 10.1. The number of hydrogen-bond donors (Lipinski definition) is 3. The van der Waals surface area contributed by atoms with E-state index in [9.17, 15) is 17.6 Å². The maximum absolute atomic E-state index is 14.8. The minimum Gasteiger partial charge on any atom is -0.480 e. The number of aryl methyl sites for hydroxylation is 1. The lowest BCUT2D eigenvalue weighted by Gasteiger charge is -2.14. The fourth-order valence-electron chi connectivity index (χ4n) is 3.28. The molecule has 0 fully saturated rings. The third-order valence-electron chi connectivity index (χ3n) is 5.13. The highest BCUT2D eigenvalue weighted by Crippen LogP contribution is 2.36. The van der Waals surface area contributed by atoms with Gasteiger partial charge in [0.25, 0.3) is 0 Å². The van der Waals surface area contributed by atoms with Gasteiger partial charge in [-0.3, -0.25) is 4.79 Å². The summed E-state index contributed by atoms with van der Waals surface area (Å²) in [6.07, 6.45) is 1.53. The molecule has 3 aromatic rings. The molecule has 0 unspecified atom stereocenters. The average Bonchev–Trinajstić information content (AvgIpc) is 3.31. The number of ether oxygens (including phenoxy) is 1. The van der Waals surface area contributed by atoms with Gasteiger partial charge in [-0.2, -0.15) is 0 Å². The van der Waals surface area contributed by atoms with Crippen LogP contribution < -0.4 is 15.8 Å². The van der Waals surface area contributed by atoms with E-state index < -0.39 is 38.3 Å². The quantitative estimate of drug-likeness (QED) is 0.250. The highest BCUT2D eigenvalue weighted by atomic mass is 35.5. The predicted octanol–water partition coefficient (Wildman–Crippen LogP) is 4.68. The van der Waals surface area contributed by atoms with Gasteiger partial charge in [-0.1, -0.05) is 23.2 Å². The Morgan fingerprint density at radius 2 is 2.00 bits per heavy atom. The highest BCUT2D eigenvalue weighted by molar-refractivity contribution is 7.90. The third-order valence-corrected chi connectivity index (χ3v) is 7.96. The first-order valence-electron chi connectivity index (χ1n) is 10.8. The van der Waals surface area contributed by atoms with Gasteiger partial charge in [0.2, 0.25) is 0 Å². The van der Waals surface area contributed by atoms with E-state index in [0.717, 1.165) is 17.7 Å². The molecule has 8 nitrogen and oxygen atoms in total. The van der Waals surface area contributed by atoms with Gasteiger partial charge < -0.3 is 20.9 Å². The minimum atomic E-state index is -4.01. The molecule has 1 aromatic heterocycles. The van der Waals surface area contributed by atoms with Gasteiger partial charge in [0.15, 0.2) is 9.84 Å². The summed E-state index contributed by atoms with van der Waals surface area (Å²) < 4.78 is 46.0. The van der Waals surface area contributed by atoms with Crippen LogP contribution in [-0.2, 0) is 26.8 Å². The van der Waals surface area contributed by atoms with Crippen LogP contribution >= 0.6 is 34.5 Å². The number of benzene rings is 2. The number of nitrogens with one attached hydrogen (secondary N) is 1. The zero-order valence-electron chi connectivity index (χ0n) is 18.9. The van der Waals surface area contributed by atoms with Crippen molar-refractivity contribution in [3.63, 3.8) is 0 Å². The zero-order chi connectivity index (χ0) is 26.3. The molecule has 0 aliphatic heterocycles. The second-order valence-corrected chi connectivity index (χ2v) is 11.4. The normalized spacial score (nSPS) is 12.4. The van der Waals surface area contributed by atoms with Crippen molar-refractivity contribution in [2.45, 2.75) is 36.0 Å². The molecule has 2 aromatic carbocycles. The molecule has 1 atom stereocenters. The molecule has 194 valence electrons. The van der Waals surface area contributed by atoms with Crippen molar-refractivity contribution in [2.75, 3.05) is 13.1 Å². The number of sulfone groups is 1. The lowest BCUT2D eigenvalue weighted by atomic mass is 10.1. The Labute approximate surface area is 222 Å². The molecule has 0 aliphatic carbocycles. The molecule has 13 heteroatoms. The lowest BCUT2D eigenvalue weighted by molar-refractivity contribution is -0.138. The molecule has 0 amide bonds. The number of aliphatic carboxylic acids is 1. The molecule has 0 saturated heterocycles. The lowest BCUT2D eigenvalue weighted by Crippen LogP contribution is -2.33. The van der Waals surface area contributed by atoms with Crippen LogP contribution in [0, 0.1) is 5.82 Å². The Balaban J connectivity index is 1.68. The minimum absolute atomic E-state index is 0.0360. The van der Waals surface area contributed by atoms with Crippen LogP contribution in [0.15, 0.2) is 46.1 Å². The van der Waals surface area contributed by atoms with Crippen LogP contribution in [0.3, 0.4) is 0 Å². The van der Waals surface area contributed by atoms with E-state index in [-0.39, 0.29) is 10.8 Å². The molecule has 0 radical (unpaired) electrons. The van der Waals surface area contributed by atoms with Crippen LogP contribution in [0.2, 0.25) is 10.0 Å². The van der Waals surface area contributed by atoms with E-state index in [1.165, 1.54) is 16.8 Å². The van der Waals surface area contributed by atoms with Crippen molar-refractivity contribution in [1.29, 1.82) is 0 Å². The molecule has 1 heterocycles. The molecule has 0 spiro atoms. The van der Waals surface area contributed by atoms with Crippen LogP contribution in [0.4, 0.5) is 4.39 Å². The smallest absolute Gasteiger partial charge is 0.320 e. The van der Waals surface area contributed by atoms with Gasteiger partial charge >= 0.3 is 5.97 Å². The first kappa shape index (κ1) is 28.3. The number of carboxylic acids is 1. The molecule has 0 aliphatic rings. The monoisotopic (exact) mass is 575 g/mol. The number of thiazole rings is 1. The summed E-state index contributed by atoms with van der Waals surface area (Å²) in [5.74, 6) is -2.11. The van der Waals surface area contributed by atoms with Gasteiger partial charge in [-0.05, 0) is 62.2 Å². The topological polar surface area (TPSA) is 132 Å². The van der Waals surface area contributed by atoms with E-state index in [1.54, 1.807) is 23.6 Å². The molecule has 3 rings (SSSR count). The summed E-state index contributed by atoms with van der Waals surface area (Å²) in [5.41, 5.74) is 8.03. The molecular formula is C23H24Cl2FN3O5S2. The van der Waals surface area contributed by atoms with E-state index in [4.69, 9.17) is 38.8 Å². The van der Waals surface area contributed by atoms with Gasteiger partial charge in [-0.15, -0.1) is 11.3 Å². The summed E-state index contributed by atoms with van der Waals surface area (Å²) in [4.78, 5) is 14.2. The van der Waals surface area contributed by atoms with Crippen LogP contribution in [0.5, 0.6) is 11.5 Å². The van der Waals surface area contributed by atoms with Crippen molar-refractivity contribution in [1.82, 2.24) is 10.3 Å².